The summed E-state index contributed by atoms with van der Waals surface area (Å²) in [5.74, 6) is -0.907. The minimum absolute atomic E-state index is 0.00931. The lowest BCUT2D eigenvalue weighted by Gasteiger charge is -2.22. The number of carboxylic acid groups (broad SMARTS) is 1. The zero-order valence-electron chi connectivity index (χ0n) is 7.70. The first-order valence-electron chi connectivity index (χ1n) is 3.88. The number of carbonyl (C=O) groups excluding carboxylic acids is 1. The van der Waals surface area contributed by atoms with Crippen LogP contribution in [0, 0.1) is 0 Å². The second-order valence-corrected chi connectivity index (χ2v) is 3.09. The van der Waals surface area contributed by atoms with Crippen LogP contribution in [-0.2, 0) is 9.59 Å². The smallest absolute Gasteiger partial charge is 0.317 e. The maximum Gasteiger partial charge on any atom is 0.317 e. The standard InChI is InChI=1S/C8H15NO3/c1-6(2)9(4-7(3)10)5-8(11)12/h6H,4-5H2,1-3H3,(H,11,12). The van der Waals surface area contributed by atoms with Crippen molar-refractivity contribution in [1.29, 1.82) is 0 Å². The van der Waals surface area contributed by atoms with Crippen LogP contribution in [0.15, 0.2) is 0 Å². The molecule has 0 saturated heterocycles. The molecule has 0 amide bonds. The first-order valence-corrected chi connectivity index (χ1v) is 3.88. The van der Waals surface area contributed by atoms with Gasteiger partial charge < -0.3 is 5.11 Å². The molecule has 0 rings (SSSR count). The summed E-state index contributed by atoms with van der Waals surface area (Å²) >= 11 is 0. The molecular weight excluding hydrogens is 158 g/mol. The molecule has 4 heteroatoms. The van der Waals surface area contributed by atoms with E-state index in [-0.39, 0.29) is 24.9 Å². The number of hydrogen-bond acceptors (Lipinski definition) is 3. The van der Waals surface area contributed by atoms with Gasteiger partial charge in [0.1, 0.15) is 5.78 Å². The van der Waals surface area contributed by atoms with Crippen LogP contribution in [0.25, 0.3) is 0 Å². The van der Waals surface area contributed by atoms with Gasteiger partial charge in [0, 0.05) is 6.04 Å². The van der Waals surface area contributed by atoms with E-state index >= 15 is 0 Å². The van der Waals surface area contributed by atoms with Crippen LogP contribution in [0.5, 0.6) is 0 Å². The number of hydrogen-bond donors (Lipinski definition) is 1. The van der Waals surface area contributed by atoms with Gasteiger partial charge in [-0.15, -0.1) is 0 Å². The van der Waals surface area contributed by atoms with Crippen LogP contribution >= 0.6 is 0 Å². The lowest BCUT2D eigenvalue weighted by molar-refractivity contribution is -0.139. The second-order valence-electron chi connectivity index (χ2n) is 3.09. The predicted octanol–water partition coefficient (Wildman–Crippen LogP) is 0.370. The first-order chi connectivity index (χ1) is 5.43. The van der Waals surface area contributed by atoms with Gasteiger partial charge >= 0.3 is 5.97 Å². The highest BCUT2D eigenvalue weighted by Gasteiger charge is 2.14. The number of carbonyl (C=O) groups is 2. The third-order valence-corrected chi connectivity index (χ3v) is 1.49. The predicted molar refractivity (Wildman–Crippen MR) is 45.0 cm³/mol. The molecule has 0 aliphatic carbocycles. The zero-order valence-corrected chi connectivity index (χ0v) is 7.70. The summed E-state index contributed by atoms with van der Waals surface area (Å²) in [5, 5.41) is 8.49. The SMILES string of the molecule is CC(=O)CN(CC(=O)O)C(C)C. The normalized spacial score (nSPS) is 10.8. The third-order valence-electron chi connectivity index (χ3n) is 1.49. The van der Waals surface area contributed by atoms with Crippen LogP contribution in [0.4, 0.5) is 0 Å². The molecule has 12 heavy (non-hydrogen) atoms. The molecule has 0 aromatic carbocycles. The van der Waals surface area contributed by atoms with Crippen molar-refractivity contribution in [2.24, 2.45) is 0 Å². The van der Waals surface area contributed by atoms with E-state index in [1.54, 1.807) is 4.90 Å². The highest BCUT2D eigenvalue weighted by atomic mass is 16.4. The molecule has 1 N–H and O–H groups in total. The van der Waals surface area contributed by atoms with E-state index < -0.39 is 5.97 Å². The van der Waals surface area contributed by atoms with Gasteiger partial charge in [0.2, 0.25) is 0 Å². The van der Waals surface area contributed by atoms with E-state index in [4.69, 9.17) is 5.11 Å². The van der Waals surface area contributed by atoms with Crippen LogP contribution in [0.1, 0.15) is 20.8 Å². The summed E-state index contributed by atoms with van der Waals surface area (Å²) < 4.78 is 0. The molecule has 0 aromatic heterocycles. The highest BCUT2D eigenvalue weighted by molar-refractivity contribution is 5.78. The summed E-state index contributed by atoms with van der Waals surface area (Å²) in [6.45, 7) is 5.33. The molecule has 0 atom stereocenters. The first kappa shape index (κ1) is 11.1. The Bertz CT molecular complexity index is 161. The van der Waals surface area contributed by atoms with E-state index in [1.807, 2.05) is 13.8 Å². The molecule has 0 saturated carbocycles. The molecule has 0 aliphatic heterocycles. The summed E-state index contributed by atoms with van der Waals surface area (Å²) in [7, 11) is 0. The maximum absolute atomic E-state index is 10.7. The lowest BCUT2D eigenvalue weighted by Crippen LogP contribution is -2.38. The van der Waals surface area contributed by atoms with Crippen molar-refractivity contribution < 1.29 is 14.7 Å². The molecule has 0 unspecified atom stereocenters. The zero-order chi connectivity index (χ0) is 9.72. The van der Waals surface area contributed by atoms with Gasteiger partial charge in [-0.25, -0.2) is 0 Å². The monoisotopic (exact) mass is 173 g/mol. The Kier molecular flexibility index (Phi) is 4.51. The van der Waals surface area contributed by atoms with Crippen molar-refractivity contribution in [2.75, 3.05) is 13.1 Å². The van der Waals surface area contributed by atoms with Crippen LogP contribution in [-0.4, -0.2) is 40.9 Å². The lowest BCUT2D eigenvalue weighted by atomic mass is 10.3. The Morgan fingerprint density at radius 1 is 1.33 bits per heavy atom. The molecule has 70 valence electrons. The molecule has 0 bridgehead atoms. The van der Waals surface area contributed by atoms with E-state index in [9.17, 15) is 9.59 Å². The highest BCUT2D eigenvalue weighted by Crippen LogP contribution is 1.97. The van der Waals surface area contributed by atoms with Crippen molar-refractivity contribution in [3.8, 4) is 0 Å². The Hall–Kier alpha value is -0.900. The fourth-order valence-corrected chi connectivity index (χ4v) is 0.881. The average Bonchev–Trinajstić information content (AvgIpc) is 1.83. The van der Waals surface area contributed by atoms with E-state index in [1.165, 1.54) is 6.92 Å². The molecule has 0 aliphatic rings. The number of Topliss-reactive ketones (excluding diaryl/α,β-unsaturated/α-hetero) is 1. The Morgan fingerprint density at radius 2 is 1.83 bits per heavy atom. The Morgan fingerprint density at radius 3 is 2.08 bits per heavy atom. The van der Waals surface area contributed by atoms with Gasteiger partial charge in [-0.3, -0.25) is 14.5 Å². The molecule has 4 nitrogen and oxygen atoms in total. The van der Waals surface area contributed by atoms with E-state index in [0.29, 0.717) is 0 Å². The number of carboxylic acids is 1. The van der Waals surface area contributed by atoms with Crippen LogP contribution in [0.2, 0.25) is 0 Å². The van der Waals surface area contributed by atoms with Gasteiger partial charge in [-0.1, -0.05) is 0 Å². The van der Waals surface area contributed by atoms with Crippen molar-refractivity contribution >= 4 is 11.8 Å². The average molecular weight is 173 g/mol. The largest absolute Gasteiger partial charge is 0.480 e. The third kappa shape index (κ3) is 4.85. The fraction of sp³-hybridized carbons (Fsp3) is 0.750. The summed E-state index contributed by atoms with van der Waals surface area (Å²) in [4.78, 5) is 22.7. The van der Waals surface area contributed by atoms with Gasteiger partial charge in [0.25, 0.3) is 0 Å². The number of rotatable bonds is 5. The summed E-state index contributed by atoms with van der Waals surface area (Å²) in [6, 6.07) is 0.0880. The number of ketones is 1. The molecule has 0 radical (unpaired) electrons. The van der Waals surface area contributed by atoms with Gasteiger partial charge in [-0.2, -0.15) is 0 Å². The molecule has 0 spiro atoms. The number of aliphatic carboxylic acids is 1. The quantitative estimate of drug-likeness (QED) is 0.652. The van der Waals surface area contributed by atoms with Crippen molar-refractivity contribution in [3.05, 3.63) is 0 Å². The van der Waals surface area contributed by atoms with E-state index in [0.717, 1.165) is 0 Å². The van der Waals surface area contributed by atoms with Gasteiger partial charge in [0.05, 0.1) is 13.1 Å². The summed E-state index contributed by atoms with van der Waals surface area (Å²) in [6.07, 6.45) is 0. The minimum Gasteiger partial charge on any atom is -0.480 e. The molecule has 0 fully saturated rings. The Balaban J connectivity index is 4.04. The minimum atomic E-state index is -0.898. The summed E-state index contributed by atoms with van der Waals surface area (Å²) in [5.41, 5.74) is 0. The fourth-order valence-electron chi connectivity index (χ4n) is 0.881. The molecular formula is C8H15NO3. The Labute approximate surface area is 72.2 Å². The van der Waals surface area contributed by atoms with Crippen molar-refractivity contribution in [2.45, 2.75) is 26.8 Å². The van der Waals surface area contributed by atoms with Crippen molar-refractivity contribution in [3.63, 3.8) is 0 Å². The number of nitrogens with zero attached hydrogens (tertiary/aromatic N) is 1. The van der Waals surface area contributed by atoms with Crippen molar-refractivity contribution in [1.82, 2.24) is 4.90 Å². The molecule has 0 heterocycles. The maximum atomic E-state index is 10.7. The van der Waals surface area contributed by atoms with Gasteiger partial charge in [0.15, 0.2) is 0 Å². The van der Waals surface area contributed by atoms with Crippen LogP contribution in [0.3, 0.4) is 0 Å². The second kappa shape index (κ2) is 4.87. The molecule has 0 aromatic rings. The van der Waals surface area contributed by atoms with Gasteiger partial charge in [-0.05, 0) is 20.8 Å². The van der Waals surface area contributed by atoms with Crippen LogP contribution < -0.4 is 0 Å². The van der Waals surface area contributed by atoms with E-state index in [2.05, 4.69) is 0 Å². The topological polar surface area (TPSA) is 57.6 Å².